The normalized spacial score (nSPS) is 13.2. The molecule has 1 unspecified atom stereocenters. The summed E-state index contributed by atoms with van der Waals surface area (Å²) in [6.07, 6.45) is 0. The lowest BCUT2D eigenvalue weighted by atomic mass is 10.2. The predicted octanol–water partition coefficient (Wildman–Crippen LogP) is 1.58. The summed E-state index contributed by atoms with van der Waals surface area (Å²) in [5.41, 5.74) is -0.717. The molecule has 0 saturated heterocycles. The zero-order valence-corrected chi connectivity index (χ0v) is 8.64. The van der Waals surface area contributed by atoms with Gasteiger partial charge in [-0.3, -0.25) is 4.55 Å². The van der Waals surface area contributed by atoms with E-state index in [1.54, 1.807) is 12.1 Å². The van der Waals surface area contributed by atoms with E-state index in [1.807, 2.05) is 12.3 Å². The molecule has 0 aromatic heterocycles. The van der Waals surface area contributed by atoms with Gasteiger partial charge in [0.2, 0.25) is 0 Å². The van der Waals surface area contributed by atoms with Gasteiger partial charge in [0.25, 0.3) is 5.44 Å². The maximum atomic E-state index is 10.8. The Kier molecular flexibility index (Phi) is 3.38. The molecule has 1 rings (SSSR count). The van der Waals surface area contributed by atoms with Crippen LogP contribution < -0.4 is 0 Å². The van der Waals surface area contributed by atoms with Crippen LogP contribution in [0.15, 0.2) is 29.6 Å². The van der Waals surface area contributed by atoms with Crippen LogP contribution in [0.1, 0.15) is 16.6 Å². The molecule has 0 spiro atoms. The summed E-state index contributed by atoms with van der Waals surface area (Å²) in [5, 5.41) is 2.01. The van der Waals surface area contributed by atoms with Crippen molar-refractivity contribution in [3.05, 3.63) is 40.3 Å². The van der Waals surface area contributed by atoms with Gasteiger partial charge in [-0.05, 0) is 6.92 Å². The molecule has 6 nitrogen and oxygen atoms in total. The third kappa shape index (κ3) is 3.00. The average Bonchev–Trinajstić information content (AvgIpc) is 2.14. The summed E-state index contributed by atoms with van der Waals surface area (Å²) in [7, 11) is -4.51. The molecule has 0 fully saturated rings. The van der Waals surface area contributed by atoms with Crippen molar-refractivity contribution in [1.29, 1.82) is 0 Å². The molecule has 1 atom stereocenters. The molecule has 15 heavy (non-hydrogen) atoms. The van der Waals surface area contributed by atoms with Gasteiger partial charge in [0.1, 0.15) is 0 Å². The van der Waals surface area contributed by atoms with Crippen molar-refractivity contribution >= 4 is 10.1 Å². The van der Waals surface area contributed by atoms with Crippen molar-refractivity contribution in [1.82, 2.24) is 0 Å². The highest BCUT2D eigenvalue weighted by Gasteiger charge is 2.27. The van der Waals surface area contributed by atoms with Crippen LogP contribution in [-0.4, -0.2) is 13.0 Å². The van der Waals surface area contributed by atoms with Crippen LogP contribution >= 0.6 is 0 Å². The summed E-state index contributed by atoms with van der Waals surface area (Å²) in [6, 6.07) is 6.11. The zero-order valence-electron chi connectivity index (χ0n) is 7.82. The van der Waals surface area contributed by atoms with Gasteiger partial charge in [-0.15, -0.1) is 4.91 Å². The molecular weight excluding hydrogens is 222 g/mol. The summed E-state index contributed by atoms with van der Waals surface area (Å²) in [5.74, 6) is 0. The molecular formula is C8H9NO5S. The zero-order chi connectivity index (χ0) is 11.5. The van der Waals surface area contributed by atoms with Crippen molar-refractivity contribution in [2.75, 3.05) is 0 Å². The Balaban J connectivity index is 3.10. The first-order chi connectivity index (χ1) is 6.95. The summed E-state index contributed by atoms with van der Waals surface area (Å²) >= 11 is 0. The van der Waals surface area contributed by atoms with E-state index in [9.17, 15) is 13.3 Å². The summed E-state index contributed by atoms with van der Waals surface area (Å²) < 4.78 is 30.5. The molecule has 0 saturated carbocycles. The minimum absolute atomic E-state index is 0.141. The molecule has 0 aliphatic rings. The van der Waals surface area contributed by atoms with E-state index in [1.165, 1.54) is 12.1 Å². The topological polar surface area (TPSA) is 93.0 Å². The third-order valence-corrected chi connectivity index (χ3v) is 2.66. The van der Waals surface area contributed by atoms with Gasteiger partial charge in [0, 0.05) is 5.56 Å². The number of hydrogen-bond donors (Lipinski definition) is 1. The van der Waals surface area contributed by atoms with Gasteiger partial charge in [0.05, 0.1) is 0 Å². The van der Waals surface area contributed by atoms with Crippen LogP contribution in [0.5, 0.6) is 0 Å². The van der Waals surface area contributed by atoms with E-state index in [0.717, 1.165) is 5.56 Å². The van der Waals surface area contributed by atoms with E-state index < -0.39 is 15.6 Å². The molecule has 0 aliphatic carbocycles. The lowest BCUT2D eigenvalue weighted by molar-refractivity contribution is 0.103. The second kappa shape index (κ2) is 4.37. The second-order valence-electron chi connectivity index (χ2n) is 2.94. The van der Waals surface area contributed by atoms with Crippen molar-refractivity contribution in [3.8, 4) is 0 Å². The fraction of sp³-hybridized carbons (Fsp3) is 0.250. The molecule has 1 N–H and O–H groups in total. The molecule has 0 heterocycles. The van der Waals surface area contributed by atoms with Crippen molar-refractivity contribution in [2.45, 2.75) is 12.4 Å². The second-order valence-corrected chi connectivity index (χ2v) is 4.40. The van der Waals surface area contributed by atoms with E-state index >= 15 is 0 Å². The highest BCUT2D eigenvalue weighted by atomic mass is 32.2. The van der Waals surface area contributed by atoms with Crippen LogP contribution in [0.3, 0.4) is 0 Å². The van der Waals surface area contributed by atoms with E-state index in [4.69, 9.17) is 4.55 Å². The molecule has 1 aromatic rings. The Morgan fingerprint density at radius 2 is 1.87 bits per heavy atom. The maximum Gasteiger partial charge on any atom is 0.310 e. The van der Waals surface area contributed by atoms with E-state index in [2.05, 4.69) is 4.84 Å². The van der Waals surface area contributed by atoms with Crippen LogP contribution in [0, 0.1) is 11.8 Å². The molecule has 7 heteroatoms. The Bertz CT molecular complexity index is 439. The highest BCUT2D eigenvalue weighted by molar-refractivity contribution is 7.85. The molecule has 0 amide bonds. The van der Waals surface area contributed by atoms with Crippen molar-refractivity contribution in [2.24, 2.45) is 5.34 Å². The van der Waals surface area contributed by atoms with E-state index in [0.29, 0.717) is 0 Å². The number of benzene rings is 1. The van der Waals surface area contributed by atoms with Gasteiger partial charge >= 0.3 is 10.1 Å². The van der Waals surface area contributed by atoms with Gasteiger partial charge in [-0.2, -0.15) is 8.42 Å². The molecule has 0 bridgehead atoms. The Morgan fingerprint density at radius 3 is 2.27 bits per heavy atom. The third-order valence-electron chi connectivity index (χ3n) is 1.76. The average molecular weight is 231 g/mol. The monoisotopic (exact) mass is 231 g/mol. The van der Waals surface area contributed by atoms with Crippen LogP contribution in [0.4, 0.5) is 0 Å². The number of hydrogen-bond acceptors (Lipinski definition) is 5. The number of nitrogens with zero attached hydrogens (tertiary/aromatic N) is 1. The van der Waals surface area contributed by atoms with Gasteiger partial charge in [0.15, 0.2) is 5.34 Å². The number of aryl methyl sites for hydroxylation is 1. The standard InChI is InChI=1S/C8H9NO5S/c1-6-2-4-7(5-3-6)8(14-9-10)15(11,12)13/h2-5,8H,1H3,(H,11,12,13). The van der Waals surface area contributed by atoms with Crippen LogP contribution in [0.2, 0.25) is 0 Å². The largest absolute Gasteiger partial charge is 0.337 e. The fourth-order valence-electron chi connectivity index (χ4n) is 1.05. The molecule has 0 radical (unpaired) electrons. The van der Waals surface area contributed by atoms with Crippen LogP contribution in [-0.2, 0) is 15.0 Å². The summed E-state index contributed by atoms with van der Waals surface area (Å²) in [4.78, 5) is 13.9. The van der Waals surface area contributed by atoms with Gasteiger partial charge in [-0.1, -0.05) is 29.8 Å². The Labute approximate surface area is 86.6 Å². The lowest BCUT2D eigenvalue weighted by Crippen LogP contribution is -2.13. The molecule has 0 aliphatic heterocycles. The highest BCUT2D eigenvalue weighted by Crippen LogP contribution is 2.23. The molecule has 82 valence electrons. The first kappa shape index (κ1) is 11.6. The SMILES string of the molecule is Cc1ccc(C(ON=O)S(=O)(=O)O)cc1. The van der Waals surface area contributed by atoms with E-state index in [-0.39, 0.29) is 5.56 Å². The smallest absolute Gasteiger partial charge is 0.310 e. The van der Waals surface area contributed by atoms with Gasteiger partial charge in [-0.25, -0.2) is 0 Å². The Hall–Kier alpha value is -1.47. The number of rotatable bonds is 4. The fourth-order valence-corrected chi connectivity index (χ4v) is 1.69. The summed E-state index contributed by atoms with van der Waals surface area (Å²) in [6.45, 7) is 1.81. The minimum atomic E-state index is -4.51. The minimum Gasteiger partial charge on any atom is -0.337 e. The molecule has 1 aromatic carbocycles. The van der Waals surface area contributed by atoms with Crippen LogP contribution in [0.25, 0.3) is 0 Å². The lowest BCUT2D eigenvalue weighted by Gasteiger charge is -2.09. The first-order valence-corrected chi connectivity index (χ1v) is 5.47. The van der Waals surface area contributed by atoms with Gasteiger partial charge < -0.3 is 4.84 Å². The quantitative estimate of drug-likeness (QED) is 0.482. The van der Waals surface area contributed by atoms with Crippen molar-refractivity contribution in [3.63, 3.8) is 0 Å². The first-order valence-electron chi connectivity index (χ1n) is 3.96. The maximum absolute atomic E-state index is 10.8. The predicted molar refractivity (Wildman–Crippen MR) is 52.3 cm³/mol. The Morgan fingerprint density at radius 1 is 1.33 bits per heavy atom. The van der Waals surface area contributed by atoms with Crippen molar-refractivity contribution < 1.29 is 17.8 Å².